The predicted octanol–water partition coefficient (Wildman–Crippen LogP) is 3.90. The lowest BCUT2D eigenvalue weighted by molar-refractivity contribution is 0.0787. The summed E-state index contributed by atoms with van der Waals surface area (Å²) in [6.45, 7) is 3.59. The van der Waals surface area contributed by atoms with Gasteiger partial charge < -0.3 is 15.4 Å². The van der Waals surface area contributed by atoms with Crippen LogP contribution in [0.4, 0.5) is 5.13 Å². The fourth-order valence-electron chi connectivity index (χ4n) is 3.80. The highest BCUT2D eigenvalue weighted by molar-refractivity contribution is 7.22. The summed E-state index contributed by atoms with van der Waals surface area (Å²) in [6.07, 6.45) is 2.02. The Labute approximate surface area is 162 Å². The average Bonchev–Trinajstić information content (AvgIpc) is 3.28. The van der Waals surface area contributed by atoms with Gasteiger partial charge in [-0.2, -0.15) is 0 Å². The van der Waals surface area contributed by atoms with E-state index in [1.807, 2.05) is 36.1 Å². The fourth-order valence-corrected chi connectivity index (χ4v) is 4.65. The van der Waals surface area contributed by atoms with Crippen LogP contribution in [0.15, 0.2) is 36.4 Å². The monoisotopic (exact) mass is 381 g/mol. The number of hydrogen-bond acceptors (Lipinski definition) is 5. The third-order valence-electron chi connectivity index (χ3n) is 5.21. The molecule has 0 radical (unpaired) electrons. The first-order valence-electron chi connectivity index (χ1n) is 9.12. The highest BCUT2D eigenvalue weighted by atomic mass is 32.1. The van der Waals surface area contributed by atoms with Crippen molar-refractivity contribution in [2.75, 3.05) is 25.9 Å². The number of thiazole rings is 1. The standard InChI is InChI=1S/C21H23N3O2S/c1-13-9-16(11-18-19(13)23-21(22)27-18)20(25)24-8-7-15(12-24)10-14-3-5-17(26-2)6-4-14/h3-6,9,11,15H,7-8,10,12H2,1-2H3,(H2,22,23). The van der Waals surface area contributed by atoms with E-state index in [2.05, 4.69) is 17.1 Å². The van der Waals surface area contributed by atoms with Gasteiger partial charge in [-0.25, -0.2) is 4.98 Å². The Morgan fingerprint density at radius 3 is 2.85 bits per heavy atom. The van der Waals surface area contributed by atoms with Crippen LogP contribution in [-0.4, -0.2) is 36.0 Å². The minimum Gasteiger partial charge on any atom is -0.497 e. The summed E-state index contributed by atoms with van der Waals surface area (Å²) in [4.78, 5) is 19.3. The van der Waals surface area contributed by atoms with Gasteiger partial charge in [0.05, 0.1) is 17.3 Å². The number of benzene rings is 2. The van der Waals surface area contributed by atoms with Gasteiger partial charge in [-0.3, -0.25) is 4.79 Å². The molecule has 1 saturated heterocycles. The number of rotatable bonds is 4. The van der Waals surface area contributed by atoms with Gasteiger partial charge in [-0.15, -0.1) is 0 Å². The van der Waals surface area contributed by atoms with Crippen LogP contribution >= 0.6 is 11.3 Å². The molecule has 5 nitrogen and oxygen atoms in total. The maximum absolute atomic E-state index is 13.0. The molecule has 3 aromatic rings. The van der Waals surface area contributed by atoms with Gasteiger partial charge in [0.1, 0.15) is 5.75 Å². The average molecular weight is 382 g/mol. The number of fused-ring (bicyclic) bond motifs is 1. The van der Waals surface area contributed by atoms with Crippen molar-refractivity contribution < 1.29 is 9.53 Å². The summed E-state index contributed by atoms with van der Waals surface area (Å²) in [5.41, 5.74) is 9.73. The highest BCUT2D eigenvalue weighted by Gasteiger charge is 2.27. The van der Waals surface area contributed by atoms with Gasteiger partial charge in [0, 0.05) is 18.7 Å². The number of hydrogen-bond donors (Lipinski definition) is 1. The van der Waals surface area contributed by atoms with Crippen molar-refractivity contribution in [3.63, 3.8) is 0 Å². The molecule has 1 amide bonds. The highest BCUT2D eigenvalue weighted by Crippen LogP contribution is 2.29. The van der Waals surface area contributed by atoms with Crippen molar-refractivity contribution in [1.82, 2.24) is 9.88 Å². The molecular weight excluding hydrogens is 358 g/mol. The molecule has 1 aromatic heterocycles. The smallest absolute Gasteiger partial charge is 0.253 e. The zero-order chi connectivity index (χ0) is 19.0. The Morgan fingerprint density at radius 2 is 2.11 bits per heavy atom. The molecule has 1 aliphatic rings. The van der Waals surface area contributed by atoms with E-state index in [0.717, 1.165) is 53.0 Å². The first-order valence-corrected chi connectivity index (χ1v) is 9.94. The summed E-state index contributed by atoms with van der Waals surface area (Å²) in [6, 6.07) is 12.1. The van der Waals surface area contributed by atoms with Crippen molar-refractivity contribution in [2.45, 2.75) is 19.8 Å². The van der Waals surface area contributed by atoms with Crippen molar-refractivity contribution in [3.8, 4) is 5.75 Å². The second-order valence-corrected chi connectivity index (χ2v) is 8.21. The van der Waals surface area contributed by atoms with Gasteiger partial charge in [0.15, 0.2) is 5.13 Å². The number of aromatic nitrogens is 1. The summed E-state index contributed by atoms with van der Waals surface area (Å²) >= 11 is 1.43. The number of ether oxygens (including phenoxy) is 1. The number of carbonyl (C=O) groups excluding carboxylic acids is 1. The van der Waals surface area contributed by atoms with Gasteiger partial charge in [0.2, 0.25) is 0 Å². The molecule has 2 N–H and O–H groups in total. The lowest BCUT2D eigenvalue weighted by Gasteiger charge is -2.17. The second-order valence-electron chi connectivity index (χ2n) is 7.15. The molecule has 1 unspecified atom stereocenters. The molecule has 2 aromatic carbocycles. The van der Waals surface area contributed by atoms with Gasteiger partial charge in [-0.05, 0) is 61.1 Å². The Balaban J connectivity index is 1.45. The van der Waals surface area contributed by atoms with Crippen LogP contribution in [0.5, 0.6) is 5.75 Å². The Kier molecular flexibility index (Phi) is 4.74. The minimum atomic E-state index is 0.101. The number of nitrogens with two attached hydrogens (primary N) is 1. The van der Waals surface area contributed by atoms with Crippen LogP contribution in [0.1, 0.15) is 27.9 Å². The normalized spacial score (nSPS) is 16.8. The lowest BCUT2D eigenvalue weighted by atomic mass is 9.99. The summed E-state index contributed by atoms with van der Waals surface area (Å²) < 4.78 is 6.19. The number of nitrogen functional groups attached to an aromatic ring is 1. The number of aryl methyl sites for hydroxylation is 1. The third kappa shape index (κ3) is 3.62. The molecule has 1 atom stereocenters. The topological polar surface area (TPSA) is 68.5 Å². The molecule has 140 valence electrons. The van der Waals surface area contributed by atoms with Crippen molar-refractivity contribution >= 4 is 32.6 Å². The van der Waals surface area contributed by atoms with Crippen LogP contribution in [0.25, 0.3) is 10.2 Å². The summed E-state index contributed by atoms with van der Waals surface area (Å²) in [5.74, 6) is 1.46. The van der Waals surface area contributed by atoms with Gasteiger partial charge >= 0.3 is 0 Å². The van der Waals surface area contributed by atoms with Crippen molar-refractivity contribution in [2.24, 2.45) is 5.92 Å². The number of likely N-dealkylation sites (tertiary alicyclic amines) is 1. The molecule has 27 heavy (non-hydrogen) atoms. The van der Waals surface area contributed by atoms with E-state index in [-0.39, 0.29) is 5.91 Å². The number of carbonyl (C=O) groups is 1. The maximum Gasteiger partial charge on any atom is 0.253 e. The van der Waals surface area contributed by atoms with Crippen LogP contribution in [0.3, 0.4) is 0 Å². The quantitative estimate of drug-likeness (QED) is 0.744. The van der Waals surface area contributed by atoms with E-state index in [1.54, 1.807) is 7.11 Å². The largest absolute Gasteiger partial charge is 0.497 e. The lowest BCUT2D eigenvalue weighted by Crippen LogP contribution is -2.29. The maximum atomic E-state index is 13.0. The number of nitrogens with zero attached hydrogens (tertiary/aromatic N) is 2. The first kappa shape index (κ1) is 17.8. The third-order valence-corrected chi connectivity index (χ3v) is 6.04. The molecular formula is C21H23N3O2S. The zero-order valence-corrected chi connectivity index (χ0v) is 16.4. The zero-order valence-electron chi connectivity index (χ0n) is 15.6. The van der Waals surface area contributed by atoms with Gasteiger partial charge in [0.25, 0.3) is 5.91 Å². The predicted molar refractivity (Wildman–Crippen MR) is 109 cm³/mol. The number of amides is 1. The van der Waals surface area contributed by atoms with Crippen LogP contribution in [0, 0.1) is 12.8 Å². The first-order chi connectivity index (χ1) is 13.0. The molecule has 6 heteroatoms. The number of methoxy groups -OCH3 is 1. The molecule has 4 rings (SSSR count). The SMILES string of the molecule is COc1ccc(CC2CCN(C(=O)c3cc(C)c4nc(N)sc4c3)C2)cc1. The Morgan fingerprint density at radius 1 is 1.33 bits per heavy atom. The minimum absolute atomic E-state index is 0.101. The summed E-state index contributed by atoms with van der Waals surface area (Å²) in [5, 5.41) is 0.540. The van der Waals surface area contributed by atoms with E-state index in [4.69, 9.17) is 10.5 Å². The van der Waals surface area contributed by atoms with Crippen molar-refractivity contribution in [1.29, 1.82) is 0 Å². The van der Waals surface area contributed by atoms with Crippen molar-refractivity contribution in [3.05, 3.63) is 53.1 Å². The van der Waals surface area contributed by atoms with Crippen LogP contribution < -0.4 is 10.5 Å². The van der Waals surface area contributed by atoms with E-state index >= 15 is 0 Å². The molecule has 2 heterocycles. The Hall–Kier alpha value is -2.60. The fraction of sp³-hybridized carbons (Fsp3) is 0.333. The van der Waals surface area contributed by atoms with E-state index in [1.165, 1.54) is 16.9 Å². The molecule has 1 fully saturated rings. The second kappa shape index (κ2) is 7.19. The van der Waals surface area contributed by atoms with E-state index < -0.39 is 0 Å². The molecule has 0 bridgehead atoms. The molecule has 0 saturated carbocycles. The summed E-state index contributed by atoms with van der Waals surface area (Å²) in [7, 11) is 1.68. The van der Waals surface area contributed by atoms with Crippen LogP contribution in [0.2, 0.25) is 0 Å². The van der Waals surface area contributed by atoms with Crippen LogP contribution in [-0.2, 0) is 6.42 Å². The van der Waals surface area contributed by atoms with E-state index in [0.29, 0.717) is 11.0 Å². The van der Waals surface area contributed by atoms with Gasteiger partial charge in [-0.1, -0.05) is 23.5 Å². The molecule has 0 aliphatic carbocycles. The number of anilines is 1. The Bertz CT molecular complexity index is 981. The van der Waals surface area contributed by atoms with E-state index in [9.17, 15) is 4.79 Å². The molecule has 0 spiro atoms. The molecule has 1 aliphatic heterocycles.